The van der Waals surface area contributed by atoms with E-state index < -0.39 is 0 Å². The van der Waals surface area contributed by atoms with Crippen molar-refractivity contribution in [2.24, 2.45) is 0 Å². The zero-order chi connectivity index (χ0) is 11.3. The molecule has 0 aromatic heterocycles. The van der Waals surface area contributed by atoms with Gasteiger partial charge in [-0.15, -0.1) is 0 Å². The van der Waals surface area contributed by atoms with Gasteiger partial charge in [-0.25, -0.2) is 0 Å². The molecule has 1 aromatic carbocycles. The zero-order valence-electron chi connectivity index (χ0n) is 9.29. The van der Waals surface area contributed by atoms with E-state index in [0.29, 0.717) is 6.73 Å². The molecule has 84 valence electrons. The first kappa shape index (κ1) is 12.5. The molecule has 0 aliphatic carbocycles. The average Bonchev–Trinajstić information content (AvgIpc) is 2.18. The fourth-order valence-electron chi connectivity index (χ4n) is 1.39. The van der Waals surface area contributed by atoms with Gasteiger partial charge < -0.3 is 9.47 Å². The second-order valence-electron chi connectivity index (χ2n) is 3.40. The predicted molar refractivity (Wildman–Crippen MR) is 64.0 cm³/mol. The molecule has 0 radical (unpaired) electrons. The lowest BCUT2D eigenvalue weighted by Crippen LogP contribution is -2.20. The second kappa shape index (κ2) is 6.10. The van der Waals surface area contributed by atoms with E-state index in [1.54, 1.807) is 14.2 Å². The van der Waals surface area contributed by atoms with Gasteiger partial charge in [0.1, 0.15) is 5.75 Å². The number of halogens is 1. The Hall–Kier alpha value is -0.580. The lowest BCUT2D eigenvalue weighted by atomic mass is 10.2. The van der Waals surface area contributed by atoms with E-state index >= 15 is 0 Å². The Morgan fingerprint density at radius 2 is 2.07 bits per heavy atom. The molecule has 4 heteroatoms. The van der Waals surface area contributed by atoms with Crippen LogP contribution in [0.25, 0.3) is 0 Å². The smallest absolute Gasteiger partial charge is 0.133 e. The molecule has 0 saturated carbocycles. The van der Waals surface area contributed by atoms with Crippen molar-refractivity contribution in [2.75, 3.05) is 28.0 Å². The highest BCUT2D eigenvalue weighted by Gasteiger charge is 2.03. The number of ether oxygens (including phenoxy) is 2. The minimum atomic E-state index is 0.629. The van der Waals surface area contributed by atoms with Crippen LogP contribution in [0.2, 0.25) is 0 Å². The first-order valence-corrected chi connectivity index (χ1v) is 5.46. The molecule has 0 heterocycles. The lowest BCUT2D eigenvalue weighted by molar-refractivity contribution is 0.0771. The third kappa shape index (κ3) is 3.81. The first-order valence-electron chi connectivity index (χ1n) is 4.67. The molecule has 0 fully saturated rings. The summed E-state index contributed by atoms with van der Waals surface area (Å²) in [4.78, 5) is 2.09. The predicted octanol–water partition coefficient (Wildman–Crippen LogP) is 2.49. The quantitative estimate of drug-likeness (QED) is 0.770. The van der Waals surface area contributed by atoms with Gasteiger partial charge in [-0.2, -0.15) is 0 Å². The second-order valence-corrected chi connectivity index (χ2v) is 4.26. The number of benzene rings is 1. The summed E-state index contributed by atoms with van der Waals surface area (Å²) in [5, 5.41) is 0. The van der Waals surface area contributed by atoms with Crippen molar-refractivity contribution < 1.29 is 9.47 Å². The van der Waals surface area contributed by atoms with E-state index in [4.69, 9.17) is 9.47 Å². The Labute approximate surface area is 99.1 Å². The molecule has 0 bridgehead atoms. The number of methoxy groups -OCH3 is 2. The van der Waals surface area contributed by atoms with Crippen molar-refractivity contribution in [3.8, 4) is 5.75 Å². The van der Waals surface area contributed by atoms with Gasteiger partial charge in [-0.05, 0) is 40.7 Å². The molecule has 3 nitrogen and oxygen atoms in total. The summed E-state index contributed by atoms with van der Waals surface area (Å²) in [5.41, 5.74) is 1.22. The van der Waals surface area contributed by atoms with Crippen LogP contribution in [0.4, 0.5) is 0 Å². The Morgan fingerprint density at radius 1 is 1.33 bits per heavy atom. The van der Waals surface area contributed by atoms with Gasteiger partial charge in [0.15, 0.2) is 0 Å². The van der Waals surface area contributed by atoms with Gasteiger partial charge in [0.2, 0.25) is 0 Å². The SMILES string of the molecule is COCN(C)Cc1ccc(OC)c(Br)c1. The van der Waals surface area contributed by atoms with Crippen LogP contribution < -0.4 is 4.74 Å². The molecule has 0 atom stereocenters. The molecular weight excluding hydrogens is 258 g/mol. The molecule has 15 heavy (non-hydrogen) atoms. The summed E-state index contributed by atoms with van der Waals surface area (Å²) < 4.78 is 11.2. The molecule has 0 saturated heterocycles. The summed E-state index contributed by atoms with van der Waals surface area (Å²) in [6.45, 7) is 1.49. The van der Waals surface area contributed by atoms with Crippen LogP contribution in [-0.2, 0) is 11.3 Å². The summed E-state index contributed by atoms with van der Waals surface area (Å²) in [5.74, 6) is 0.855. The van der Waals surface area contributed by atoms with E-state index in [1.807, 2.05) is 13.1 Å². The topological polar surface area (TPSA) is 21.7 Å². The van der Waals surface area contributed by atoms with Gasteiger partial charge in [0, 0.05) is 13.7 Å². The molecule has 0 N–H and O–H groups in total. The molecular formula is C11H16BrNO2. The average molecular weight is 274 g/mol. The maximum atomic E-state index is 5.17. The van der Waals surface area contributed by atoms with Crippen LogP contribution in [-0.4, -0.2) is 32.9 Å². The minimum Gasteiger partial charge on any atom is -0.496 e. The van der Waals surface area contributed by atoms with Crippen molar-refractivity contribution >= 4 is 15.9 Å². The minimum absolute atomic E-state index is 0.629. The highest BCUT2D eigenvalue weighted by Crippen LogP contribution is 2.25. The summed E-state index contributed by atoms with van der Waals surface area (Å²) in [6.07, 6.45) is 0. The van der Waals surface area contributed by atoms with Crippen molar-refractivity contribution in [3.05, 3.63) is 28.2 Å². The van der Waals surface area contributed by atoms with Crippen molar-refractivity contribution in [3.63, 3.8) is 0 Å². The third-order valence-corrected chi connectivity index (χ3v) is 2.64. The van der Waals surface area contributed by atoms with Gasteiger partial charge in [0.25, 0.3) is 0 Å². The highest BCUT2D eigenvalue weighted by molar-refractivity contribution is 9.10. The summed E-state index contributed by atoms with van der Waals surface area (Å²) >= 11 is 3.46. The number of hydrogen-bond acceptors (Lipinski definition) is 3. The number of rotatable bonds is 5. The van der Waals surface area contributed by atoms with Crippen LogP contribution in [0.3, 0.4) is 0 Å². The largest absolute Gasteiger partial charge is 0.496 e. The van der Waals surface area contributed by atoms with Gasteiger partial charge >= 0.3 is 0 Å². The van der Waals surface area contributed by atoms with Gasteiger partial charge in [-0.3, -0.25) is 4.90 Å². The molecule has 0 aliphatic heterocycles. The zero-order valence-corrected chi connectivity index (χ0v) is 10.9. The van der Waals surface area contributed by atoms with E-state index in [-0.39, 0.29) is 0 Å². The van der Waals surface area contributed by atoms with E-state index in [1.165, 1.54) is 5.56 Å². The Kier molecular flexibility index (Phi) is 5.08. The molecule has 1 aromatic rings. The van der Waals surface area contributed by atoms with Crippen LogP contribution in [0, 0.1) is 0 Å². The molecule has 1 rings (SSSR count). The maximum absolute atomic E-state index is 5.17. The monoisotopic (exact) mass is 273 g/mol. The van der Waals surface area contributed by atoms with Crippen LogP contribution in [0.5, 0.6) is 5.75 Å². The maximum Gasteiger partial charge on any atom is 0.133 e. The molecule has 0 aliphatic rings. The Balaban J connectivity index is 2.66. The molecule has 0 spiro atoms. The fraction of sp³-hybridized carbons (Fsp3) is 0.455. The Bertz CT molecular complexity index is 317. The normalized spacial score (nSPS) is 10.7. The van der Waals surface area contributed by atoms with Crippen LogP contribution in [0.15, 0.2) is 22.7 Å². The van der Waals surface area contributed by atoms with Crippen LogP contribution in [0.1, 0.15) is 5.56 Å². The number of hydrogen-bond donors (Lipinski definition) is 0. The van der Waals surface area contributed by atoms with Gasteiger partial charge in [0.05, 0.1) is 18.3 Å². The van der Waals surface area contributed by atoms with Crippen molar-refractivity contribution in [2.45, 2.75) is 6.54 Å². The number of nitrogens with zero attached hydrogens (tertiary/aromatic N) is 1. The van der Waals surface area contributed by atoms with Gasteiger partial charge in [-0.1, -0.05) is 6.07 Å². The lowest BCUT2D eigenvalue weighted by Gasteiger charge is -2.15. The summed E-state index contributed by atoms with van der Waals surface area (Å²) in [7, 11) is 5.37. The van der Waals surface area contributed by atoms with E-state index in [2.05, 4.69) is 33.0 Å². The third-order valence-electron chi connectivity index (χ3n) is 2.02. The fourth-order valence-corrected chi connectivity index (χ4v) is 1.97. The molecule has 0 unspecified atom stereocenters. The Morgan fingerprint density at radius 3 is 2.60 bits per heavy atom. The van der Waals surface area contributed by atoms with E-state index in [9.17, 15) is 0 Å². The summed E-state index contributed by atoms with van der Waals surface area (Å²) in [6, 6.07) is 6.07. The van der Waals surface area contributed by atoms with Crippen molar-refractivity contribution in [1.29, 1.82) is 0 Å². The standard InChI is InChI=1S/C11H16BrNO2/c1-13(8-14-2)7-9-4-5-11(15-3)10(12)6-9/h4-6H,7-8H2,1-3H3. The highest BCUT2D eigenvalue weighted by atomic mass is 79.9. The van der Waals surface area contributed by atoms with Crippen molar-refractivity contribution in [1.82, 2.24) is 4.90 Å². The van der Waals surface area contributed by atoms with E-state index in [0.717, 1.165) is 16.8 Å². The van der Waals surface area contributed by atoms with Crippen LogP contribution >= 0.6 is 15.9 Å². The first-order chi connectivity index (χ1) is 7.17. The molecule has 0 amide bonds.